The van der Waals surface area contributed by atoms with Crippen LogP contribution in [0, 0.1) is 0 Å². The van der Waals surface area contributed by atoms with Crippen molar-refractivity contribution in [2.24, 2.45) is 0 Å². The van der Waals surface area contributed by atoms with Crippen LogP contribution in [0.25, 0.3) is 0 Å². The summed E-state index contributed by atoms with van der Waals surface area (Å²) >= 11 is 7.28. The fourth-order valence-corrected chi connectivity index (χ4v) is 3.49. The number of rotatable bonds is 6. The lowest BCUT2D eigenvalue weighted by Crippen LogP contribution is -2.46. The molecule has 1 saturated heterocycles. The van der Waals surface area contributed by atoms with Crippen LogP contribution in [0.4, 0.5) is 0 Å². The number of hydrogen-bond acceptors (Lipinski definition) is 5. The molecule has 6 nitrogen and oxygen atoms in total. The molecule has 1 aliphatic rings. The van der Waals surface area contributed by atoms with Gasteiger partial charge < -0.3 is 15.4 Å². The lowest BCUT2D eigenvalue weighted by Gasteiger charge is -2.14. The molecule has 1 unspecified atom stereocenters. The minimum absolute atomic E-state index is 0.105. The van der Waals surface area contributed by atoms with Crippen LogP contribution >= 0.6 is 22.9 Å². The first-order chi connectivity index (χ1) is 12.6. The van der Waals surface area contributed by atoms with Crippen LogP contribution in [0.5, 0.6) is 5.75 Å². The van der Waals surface area contributed by atoms with E-state index in [0.29, 0.717) is 36.0 Å². The molecule has 3 rings (SSSR count). The Morgan fingerprint density at radius 2 is 2.15 bits per heavy atom. The summed E-state index contributed by atoms with van der Waals surface area (Å²) in [5.41, 5.74) is 0.677. The number of hydrogen-bond donors (Lipinski definition) is 2. The molecule has 1 aromatic carbocycles. The monoisotopic (exact) mass is 393 g/mol. The van der Waals surface area contributed by atoms with E-state index in [-0.39, 0.29) is 18.2 Å². The van der Waals surface area contributed by atoms with Crippen LogP contribution in [0.2, 0.25) is 5.02 Å². The highest BCUT2D eigenvalue weighted by Crippen LogP contribution is 2.18. The maximum Gasteiger partial charge on any atom is 0.242 e. The summed E-state index contributed by atoms with van der Waals surface area (Å²) in [6.45, 7) is 1.01. The van der Waals surface area contributed by atoms with Crippen molar-refractivity contribution in [1.29, 1.82) is 0 Å². The van der Waals surface area contributed by atoms with E-state index in [1.165, 1.54) is 11.3 Å². The van der Waals surface area contributed by atoms with Gasteiger partial charge in [-0.25, -0.2) is 4.98 Å². The number of halogens is 1. The minimum atomic E-state index is -0.448. The lowest BCUT2D eigenvalue weighted by molar-refractivity contribution is -0.128. The third-order valence-electron chi connectivity index (χ3n) is 3.99. The molecule has 2 amide bonds. The fourth-order valence-electron chi connectivity index (χ4n) is 2.66. The van der Waals surface area contributed by atoms with Gasteiger partial charge in [-0.3, -0.25) is 9.59 Å². The van der Waals surface area contributed by atoms with Gasteiger partial charge in [-0.15, -0.1) is 11.3 Å². The number of thiazole rings is 1. The van der Waals surface area contributed by atoms with E-state index in [9.17, 15) is 9.59 Å². The zero-order valence-corrected chi connectivity index (χ0v) is 15.7. The summed E-state index contributed by atoms with van der Waals surface area (Å²) in [4.78, 5) is 28.5. The van der Waals surface area contributed by atoms with Gasteiger partial charge in [0.05, 0.1) is 12.1 Å². The second kappa shape index (κ2) is 9.00. The van der Waals surface area contributed by atoms with Crippen molar-refractivity contribution < 1.29 is 14.3 Å². The Bertz CT molecular complexity index is 763. The van der Waals surface area contributed by atoms with Crippen molar-refractivity contribution in [2.75, 3.05) is 6.54 Å². The van der Waals surface area contributed by atoms with Crippen molar-refractivity contribution in [3.63, 3.8) is 0 Å². The molecule has 2 aromatic rings. The molecule has 1 aromatic heterocycles. The molecule has 0 aliphatic carbocycles. The zero-order valence-electron chi connectivity index (χ0n) is 14.2. The van der Waals surface area contributed by atoms with Crippen LogP contribution in [-0.2, 0) is 22.6 Å². The highest BCUT2D eigenvalue weighted by molar-refractivity contribution is 7.09. The van der Waals surface area contributed by atoms with Crippen LogP contribution < -0.4 is 15.4 Å². The van der Waals surface area contributed by atoms with Gasteiger partial charge in [-0.1, -0.05) is 11.6 Å². The molecule has 26 heavy (non-hydrogen) atoms. The van der Waals surface area contributed by atoms with Gasteiger partial charge in [-0.2, -0.15) is 0 Å². The number of ether oxygens (including phenoxy) is 1. The molecule has 138 valence electrons. The average Bonchev–Trinajstić information content (AvgIpc) is 2.97. The van der Waals surface area contributed by atoms with E-state index in [4.69, 9.17) is 16.3 Å². The molecule has 0 radical (unpaired) electrons. The first-order valence-corrected chi connectivity index (χ1v) is 9.74. The van der Waals surface area contributed by atoms with E-state index in [0.717, 1.165) is 17.8 Å². The summed E-state index contributed by atoms with van der Waals surface area (Å²) in [7, 11) is 0. The van der Waals surface area contributed by atoms with Crippen molar-refractivity contribution in [3.8, 4) is 5.75 Å². The van der Waals surface area contributed by atoms with E-state index in [1.54, 1.807) is 24.3 Å². The summed E-state index contributed by atoms with van der Waals surface area (Å²) in [6, 6.07) is 6.66. The van der Waals surface area contributed by atoms with Crippen molar-refractivity contribution >= 4 is 34.8 Å². The molecule has 8 heteroatoms. The largest absolute Gasteiger partial charge is 0.486 e. The number of benzene rings is 1. The zero-order chi connectivity index (χ0) is 18.4. The molecular weight excluding hydrogens is 374 g/mol. The maximum absolute atomic E-state index is 12.2. The van der Waals surface area contributed by atoms with Gasteiger partial charge in [0.25, 0.3) is 0 Å². The van der Waals surface area contributed by atoms with Crippen molar-refractivity contribution in [1.82, 2.24) is 15.6 Å². The maximum atomic E-state index is 12.2. The summed E-state index contributed by atoms with van der Waals surface area (Å²) in [5.74, 6) is 0.414. The normalized spacial score (nSPS) is 17.3. The van der Waals surface area contributed by atoms with Crippen LogP contribution in [0.15, 0.2) is 29.6 Å². The Morgan fingerprint density at radius 3 is 2.96 bits per heavy atom. The second-order valence-corrected chi connectivity index (χ2v) is 7.44. The summed E-state index contributed by atoms with van der Waals surface area (Å²) in [5, 5.41) is 8.89. The van der Waals surface area contributed by atoms with Gasteiger partial charge in [-0.05, 0) is 43.5 Å². The average molecular weight is 394 g/mol. The molecule has 1 fully saturated rings. The van der Waals surface area contributed by atoms with Crippen molar-refractivity contribution in [3.05, 3.63) is 45.4 Å². The van der Waals surface area contributed by atoms with E-state index >= 15 is 0 Å². The Balaban J connectivity index is 1.48. The third-order valence-corrected chi connectivity index (χ3v) is 5.11. The van der Waals surface area contributed by atoms with Crippen LogP contribution in [0.1, 0.15) is 30.0 Å². The SMILES string of the molecule is O=C(Cc1csc(COc2ccc(Cl)cc2)n1)NC1CCCCNC1=O. The molecule has 0 saturated carbocycles. The molecule has 1 atom stereocenters. The molecule has 2 N–H and O–H groups in total. The molecule has 0 spiro atoms. The van der Waals surface area contributed by atoms with E-state index in [1.807, 2.05) is 5.38 Å². The summed E-state index contributed by atoms with van der Waals surface area (Å²) < 4.78 is 5.65. The quantitative estimate of drug-likeness (QED) is 0.790. The topological polar surface area (TPSA) is 80.3 Å². The number of amides is 2. The Morgan fingerprint density at radius 1 is 1.35 bits per heavy atom. The van der Waals surface area contributed by atoms with Gasteiger partial charge in [0, 0.05) is 16.9 Å². The van der Waals surface area contributed by atoms with Gasteiger partial charge in [0.1, 0.15) is 23.4 Å². The van der Waals surface area contributed by atoms with Gasteiger partial charge in [0.2, 0.25) is 11.8 Å². The fraction of sp³-hybridized carbons (Fsp3) is 0.389. The second-order valence-electron chi connectivity index (χ2n) is 6.06. The van der Waals surface area contributed by atoms with Crippen LogP contribution in [-0.4, -0.2) is 29.4 Å². The first kappa shape index (κ1) is 18.7. The van der Waals surface area contributed by atoms with Gasteiger partial charge >= 0.3 is 0 Å². The predicted molar refractivity (Wildman–Crippen MR) is 100 cm³/mol. The number of aromatic nitrogens is 1. The highest BCUT2D eigenvalue weighted by atomic mass is 35.5. The smallest absolute Gasteiger partial charge is 0.242 e. The number of carbonyl (C=O) groups excluding carboxylic acids is 2. The van der Waals surface area contributed by atoms with Gasteiger partial charge in [0.15, 0.2) is 0 Å². The molecular formula is C18H20ClN3O3S. The van der Waals surface area contributed by atoms with Crippen LogP contribution in [0.3, 0.4) is 0 Å². The molecule has 2 heterocycles. The van der Waals surface area contributed by atoms with Crippen molar-refractivity contribution in [2.45, 2.75) is 38.3 Å². The Kier molecular flexibility index (Phi) is 6.46. The van der Waals surface area contributed by atoms with E-state index in [2.05, 4.69) is 15.6 Å². The first-order valence-electron chi connectivity index (χ1n) is 8.49. The lowest BCUT2D eigenvalue weighted by atomic mass is 10.1. The Labute approximate surface area is 160 Å². The predicted octanol–water partition coefficient (Wildman–Crippen LogP) is 2.70. The number of nitrogens with zero attached hydrogens (tertiary/aromatic N) is 1. The van der Waals surface area contributed by atoms with E-state index < -0.39 is 6.04 Å². The Hall–Kier alpha value is -2.12. The minimum Gasteiger partial charge on any atom is -0.486 e. The third kappa shape index (κ3) is 5.44. The number of carbonyl (C=O) groups is 2. The molecule has 0 bridgehead atoms. The highest BCUT2D eigenvalue weighted by Gasteiger charge is 2.22. The number of nitrogens with one attached hydrogen (secondary N) is 2. The standard InChI is InChI=1S/C18H20ClN3O3S/c19-12-4-6-14(7-5-12)25-10-17-21-13(11-26-17)9-16(23)22-15-3-1-2-8-20-18(15)24/h4-7,11,15H,1-3,8-10H2,(H,20,24)(H,22,23). The summed E-state index contributed by atoms with van der Waals surface area (Å²) in [6.07, 6.45) is 2.70. The molecule has 1 aliphatic heterocycles.